The topological polar surface area (TPSA) is 65.8 Å². The number of aromatic nitrogens is 1. The smallest absolute Gasteiger partial charge is 0.246 e. The highest BCUT2D eigenvalue weighted by atomic mass is 32.1. The van der Waals surface area contributed by atoms with Crippen molar-refractivity contribution >= 4 is 22.4 Å². The van der Waals surface area contributed by atoms with Crippen molar-refractivity contribution in [3.8, 4) is 6.07 Å². The average Bonchev–Trinajstić information content (AvgIpc) is 2.57. The van der Waals surface area contributed by atoms with Gasteiger partial charge in [0.25, 0.3) is 0 Å². The maximum Gasteiger partial charge on any atom is 0.246 e. The van der Waals surface area contributed by atoms with Crippen LogP contribution in [0, 0.1) is 16.7 Å². The molecule has 0 fully saturated rings. The molecule has 1 rings (SSSR count). The number of nitrogens with one attached hydrogen (secondary N) is 1. The Hall–Kier alpha value is -1.41. The second kappa shape index (κ2) is 3.54. The Kier molecular flexibility index (Phi) is 2.63. The summed E-state index contributed by atoms with van der Waals surface area (Å²) in [6.45, 7) is 3.13. The number of anilines is 1. The molecule has 0 aliphatic rings. The molecule has 1 N–H and O–H groups in total. The van der Waals surface area contributed by atoms with Crippen LogP contribution < -0.4 is 5.32 Å². The minimum atomic E-state index is -1.01. The van der Waals surface area contributed by atoms with E-state index in [9.17, 15) is 4.79 Å². The lowest BCUT2D eigenvalue weighted by Gasteiger charge is -2.12. The Labute approximate surface area is 80.2 Å². The second-order valence-corrected chi connectivity index (χ2v) is 3.92. The summed E-state index contributed by atoms with van der Waals surface area (Å²) in [5, 5.41) is 13.5. The van der Waals surface area contributed by atoms with Crippen molar-refractivity contribution in [2.24, 2.45) is 5.41 Å². The van der Waals surface area contributed by atoms with Crippen molar-refractivity contribution in [1.82, 2.24) is 4.98 Å². The lowest BCUT2D eigenvalue weighted by molar-refractivity contribution is -0.121. The predicted molar refractivity (Wildman–Crippen MR) is 50.1 cm³/mol. The first kappa shape index (κ1) is 9.68. The molecule has 0 aliphatic heterocycles. The second-order valence-electron chi connectivity index (χ2n) is 3.03. The fourth-order valence-electron chi connectivity index (χ4n) is 0.589. The van der Waals surface area contributed by atoms with Gasteiger partial charge in [-0.15, -0.1) is 11.3 Å². The number of thiazole rings is 1. The van der Waals surface area contributed by atoms with Crippen LogP contribution in [0.15, 0.2) is 11.6 Å². The summed E-state index contributed by atoms with van der Waals surface area (Å²) in [6, 6.07) is 1.92. The van der Waals surface area contributed by atoms with E-state index in [-0.39, 0.29) is 5.91 Å². The number of nitrogens with zero attached hydrogens (tertiary/aromatic N) is 2. The molecule has 0 spiro atoms. The number of carbonyl (C=O) groups is 1. The van der Waals surface area contributed by atoms with Crippen LogP contribution in [-0.4, -0.2) is 10.9 Å². The number of rotatable bonds is 2. The number of nitriles is 1. The molecule has 0 radical (unpaired) electrons. The van der Waals surface area contributed by atoms with Crippen molar-refractivity contribution in [2.45, 2.75) is 13.8 Å². The van der Waals surface area contributed by atoms with Gasteiger partial charge in [-0.25, -0.2) is 4.98 Å². The summed E-state index contributed by atoms with van der Waals surface area (Å²) in [5.41, 5.74) is -1.01. The summed E-state index contributed by atoms with van der Waals surface area (Å²) >= 11 is 1.33. The van der Waals surface area contributed by atoms with E-state index in [1.54, 1.807) is 25.4 Å². The first-order chi connectivity index (χ1) is 6.06. The van der Waals surface area contributed by atoms with Crippen molar-refractivity contribution in [3.05, 3.63) is 11.6 Å². The van der Waals surface area contributed by atoms with Gasteiger partial charge in [0, 0.05) is 11.6 Å². The molecule has 0 aliphatic carbocycles. The first-order valence-corrected chi connectivity index (χ1v) is 4.56. The van der Waals surface area contributed by atoms with Crippen LogP contribution >= 0.6 is 11.3 Å². The molecule has 5 heteroatoms. The van der Waals surface area contributed by atoms with Crippen LogP contribution in [0.2, 0.25) is 0 Å². The van der Waals surface area contributed by atoms with E-state index in [1.165, 1.54) is 11.3 Å². The molecule has 1 heterocycles. The van der Waals surface area contributed by atoms with Crippen molar-refractivity contribution in [1.29, 1.82) is 5.26 Å². The van der Waals surface area contributed by atoms with Crippen LogP contribution in [-0.2, 0) is 4.79 Å². The highest BCUT2D eigenvalue weighted by Crippen LogP contribution is 2.18. The normalized spacial score (nSPS) is 10.5. The van der Waals surface area contributed by atoms with E-state index in [1.807, 2.05) is 6.07 Å². The number of amides is 1. The van der Waals surface area contributed by atoms with Crippen LogP contribution in [0.1, 0.15) is 13.8 Å². The van der Waals surface area contributed by atoms with Crippen molar-refractivity contribution in [3.63, 3.8) is 0 Å². The third-order valence-electron chi connectivity index (χ3n) is 1.50. The average molecular weight is 195 g/mol. The van der Waals surface area contributed by atoms with E-state index >= 15 is 0 Å². The van der Waals surface area contributed by atoms with Gasteiger partial charge in [-0.1, -0.05) is 0 Å². The van der Waals surface area contributed by atoms with Gasteiger partial charge in [-0.3, -0.25) is 4.79 Å². The van der Waals surface area contributed by atoms with E-state index < -0.39 is 5.41 Å². The van der Waals surface area contributed by atoms with Gasteiger partial charge in [0.1, 0.15) is 5.41 Å². The molecule has 0 unspecified atom stereocenters. The first-order valence-electron chi connectivity index (χ1n) is 3.68. The van der Waals surface area contributed by atoms with Gasteiger partial charge in [0.2, 0.25) is 5.91 Å². The fraction of sp³-hybridized carbons (Fsp3) is 0.375. The Morgan fingerprint density at radius 3 is 2.92 bits per heavy atom. The molecule has 0 saturated carbocycles. The Balaban J connectivity index is 2.68. The summed E-state index contributed by atoms with van der Waals surface area (Å²) in [5.74, 6) is -0.329. The van der Waals surface area contributed by atoms with E-state index in [0.717, 1.165) is 0 Å². The molecule has 0 aromatic carbocycles. The molecule has 0 atom stereocenters. The van der Waals surface area contributed by atoms with Crippen molar-refractivity contribution in [2.75, 3.05) is 5.32 Å². The molecular weight excluding hydrogens is 186 g/mol. The van der Waals surface area contributed by atoms with Crippen LogP contribution in [0.25, 0.3) is 0 Å². The van der Waals surface area contributed by atoms with E-state index in [0.29, 0.717) is 5.13 Å². The monoisotopic (exact) mass is 195 g/mol. The Morgan fingerprint density at radius 2 is 2.46 bits per heavy atom. The number of hydrogen-bond donors (Lipinski definition) is 1. The largest absolute Gasteiger partial charge is 0.301 e. The molecule has 13 heavy (non-hydrogen) atoms. The molecule has 0 saturated heterocycles. The molecule has 4 nitrogen and oxygen atoms in total. The maximum atomic E-state index is 11.4. The van der Waals surface area contributed by atoms with Gasteiger partial charge < -0.3 is 5.32 Å². The lowest BCUT2D eigenvalue weighted by Crippen LogP contribution is -2.29. The maximum absolute atomic E-state index is 11.4. The predicted octanol–water partition coefficient (Wildman–Crippen LogP) is 1.63. The van der Waals surface area contributed by atoms with Crippen molar-refractivity contribution < 1.29 is 4.79 Å². The van der Waals surface area contributed by atoms with Gasteiger partial charge in [0.05, 0.1) is 6.07 Å². The van der Waals surface area contributed by atoms with Crippen LogP contribution in [0.4, 0.5) is 5.13 Å². The van der Waals surface area contributed by atoms with Crippen LogP contribution in [0.3, 0.4) is 0 Å². The zero-order valence-electron chi connectivity index (χ0n) is 7.37. The molecule has 1 aromatic heterocycles. The summed E-state index contributed by atoms with van der Waals surface area (Å²) < 4.78 is 0. The molecule has 0 bridgehead atoms. The Morgan fingerprint density at radius 1 is 1.77 bits per heavy atom. The summed E-state index contributed by atoms with van der Waals surface area (Å²) in [7, 11) is 0. The quantitative estimate of drug-likeness (QED) is 0.780. The summed E-state index contributed by atoms with van der Waals surface area (Å²) in [6.07, 6.45) is 1.60. The van der Waals surface area contributed by atoms with E-state index in [4.69, 9.17) is 5.26 Å². The molecule has 68 valence electrons. The van der Waals surface area contributed by atoms with Gasteiger partial charge in [-0.05, 0) is 13.8 Å². The summed E-state index contributed by atoms with van der Waals surface area (Å²) in [4.78, 5) is 15.3. The molecule has 1 amide bonds. The number of hydrogen-bond acceptors (Lipinski definition) is 4. The number of carbonyl (C=O) groups excluding carboxylic acids is 1. The minimum Gasteiger partial charge on any atom is -0.301 e. The SMILES string of the molecule is CC(C)(C#N)C(=O)Nc1nccs1. The minimum absolute atomic E-state index is 0.329. The third-order valence-corrected chi connectivity index (χ3v) is 2.19. The standard InChI is InChI=1S/C8H9N3OS/c1-8(2,5-9)6(12)11-7-10-3-4-13-7/h3-4H,1-2H3,(H,10,11,12). The highest BCUT2D eigenvalue weighted by molar-refractivity contribution is 7.13. The van der Waals surface area contributed by atoms with Crippen LogP contribution in [0.5, 0.6) is 0 Å². The Bertz CT molecular complexity index is 337. The van der Waals surface area contributed by atoms with Gasteiger partial charge >= 0.3 is 0 Å². The molecule has 1 aromatic rings. The van der Waals surface area contributed by atoms with E-state index in [2.05, 4.69) is 10.3 Å². The van der Waals surface area contributed by atoms with Gasteiger partial charge in [-0.2, -0.15) is 5.26 Å². The third kappa shape index (κ3) is 2.26. The fourth-order valence-corrected chi connectivity index (χ4v) is 1.11. The lowest BCUT2D eigenvalue weighted by atomic mass is 9.95. The highest BCUT2D eigenvalue weighted by Gasteiger charge is 2.27. The zero-order valence-corrected chi connectivity index (χ0v) is 8.18. The van der Waals surface area contributed by atoms with Gasteiger partial charge in [0.15, 0.2) is 5.13 Å². The zero-order chi connectivity index (χ0) is 9.90. The molecular formula is C8H9N3OS.